The lowest BCUT2D eigenvalue weighted by Crippen LogP contribution is -2.09. The molecule has 2 aromatic rings. The average molecular weight is 182 g/mol. The van der Waals surface area contributed by atoms with Crippen LogP contribution in [0.3, 0.4) is 0 Å². The smallest absolute Gasteiger partial charge is 0.325 e. The van der Waals surface area contributed by atoms with Crippen molar-refractivity contribution in [2.24, 2.45) is 0 Å². The van der Waals surface area contributed by atoms with Crippen molar-refractivity contribution < 1.29 is 4.74 Å². The van der Waals surface area contributed by atoms with Gasteiger partial charge in [0.2, 0.25) is 0 Å². The maximum absolute atomic E-state index is 11.2. The molecule has 0 fully saturated rings. The van der Waals surface area contributed by atoms with Crippen molar-refractivity contribution in [3.05, 3.63) is 20.8 Å². The molecule has 2 aromatic heterocycles. The summed E-state index contributed by atoms with van der Waals surface area (Å²) in [6, 6.07) is 0.0627. The summed E-state index contributed by atoms with van der Waals surface area (Å²) < 4.78 is 4.71. The van der Waals surface area contributed by atoms with Gasteiger partial charge >= 0.3 is 5.69 Å². The summed E-state index contributed by atoms with van der Waals surface area (Å²) in [6.45, 7) is 0. The van der Waals surface area contributed by atoms with Gasteiger partial charge in [-0.2, -0.15) is 4.98 Å². The molecule has 0 aliphatic rings. The van der Waals surface area contributed by atoms with Crippen LogP contribution in [0.1, 0.15) is 0 Å². The molecular weight excluding hydrogens is 176 g/mol. The maximum Gasteiger partial charge on any atom is 0.325 e. The second kappa shape index (κ2) is 2.47. The van der Waals surface area contributed by atoms with Crippen LogP contribution >= 0.6 is 0 Å². The number of aromatic amines is 3. The van der Waals surface area contributed by atoms with E-state index in [1.54, 1.807) is 0 Å². The third kappa shape index (κ3) is 1.10. The lowest BCUT2D eigenvalue weighted by molar-refractivity contribution is 0.380. The van der Waals surface area contributed by atoms with E-state index in [4.69, 9.17) is 4.74 Å². The molecule has 0 amide bonds. The first kappa shape index (κ1) is 7.59. The number of nitrogens with one attached hydrogen (secondary N) is 3. The van der Waals surface area contributed by atoms with E-state index in [9.17, 15) is 9.59 Å². The molecule has 0 bridgehead atoms. The Kier molecular flexibility index (Phi) is 1.44. The van der Waals surface area contributed by atoms with Crippen molar-refractivity contribution in [3.63, 3.8) is 0 Å². The monoisotopic (exact) mass is 182 g/mol. The van der Waals surface area contributed by atoms with Gasteiger partial charge in [-0.1, -0.05) is 0 Å². The Labute approximate surface area is 70.8 Å². The molecule has 2 rings (SSSR count). The molecule has 0 spiro atoms. The summed E-state index contributed by atoms with van der Waals surface area (Å²) in [5.41, 5.74) is -0.613. The van der Waals surface area contributed by atoms with E-state index in [1.165, 1.54) is 7.11 Å². The zero-order valence-corrected chi connectivity index (χ0v) is 6.67. The molecule has 68 valence electrons. The van der Waals surface area contributed by atoms with E-state index in [0.29, 0.717) is 0 Å². The number of aromatic nitrogens is 4. The average Bonchev–Trinajstić information content (AvgIpc) is 2.46. The molecule has 7 heteroatoms. The van der Waals surface area contributed by atoms with Gasteiger partial charge in [-0.15, -0.1) is 0 Å². The van der Waals surface area contributed by atoms with Crippen molar-refractivity contribution in [1.29, 1.82) is 0 Å². The van der Waals surface area contributed by atoms with Gasteiger partial charge in [-0.05, 0) is 0 Å². The van der Waals surface area contributed by atoms with Crippen LogP contribution in [0, 0.1) is 0 Å². The third-order valence-corrected chi connectivity index (χ3v) is 1.56. The number of methoxy groups -OCH3 is 1. The van der Waals surface area contributed by atoms with Crippen LogP contribution < -0.4 is 16.0 Å². The van der Waals surface area contributed by atoms with Gasteiger partial charge in [-0.25, -0.2) is 4.79 Å². The Balaban J connectivity index is 2.91. The highest BCUT2D eigenvalue weighted by atomic mass is 16.5. The zero-order valence-electron chi connectivity index (χ0n) is 6.67. The molecular formula is C6H6N4O3. The number of ether oxygens (including phenoxy) is 1. The van der Waals surface area contributed by atoms with E-state index in [0.717, 1.165) is 0 Å². The summed E-state index contributed by atoms with van der Waals surface area (Å²) >= 11 is 0. The molecule has 0 unspecified atom stereocenters. The van der Waals surface area contributed by atoms with Crippen LogP contribution in [-0.4, -0.2) is 27.0 Å². The summed E-state index contributed by atoms with van der Waals surface area (Å²) in [5, 5.41) is 0. The lowest BCUT2D eigenvalue weighted by atomic mass is 10.5. The Bertz CT molecular complexity index is 549. The fraction of sp³-hybridized carbons (Fsp3) is 0.167. The number of imidazole rings is 1. The SMILES string of the molecule is COc1nc2[nH]c(=O)[nH]c2c(=O)[nH]1. The van der Waals surface area contributed by atoms with E-state index >= 15 is 0 Å². The number of nitrogens with zero attached hydrogens (tertiary/aromatic N) is 1. The third-order valence-electron chi connectivity index (χ3n) is 1.56. The molecule has 0 saturated carbocycles. The van der Waals surface area contributed by atoms with Crippen LogP contribution in [-0.2, 0) is 0 Å². The molecule has 7 nitrogen and oxygen atoms in total. The van der Waals surface area contributed by atoms with Crippen LogP contribution in [0.4, 0.5) is 0 Å². The van der Waals surface area contributed by atoms with Gasteiger partial charge in [-0.3, -0.25) is 19.7 Å². The second-order valence-corrected chi connectivity index (χ2v) is 2.38. The molecule has 0 aliphatic carbocycles. The summed E-state index contributed by atoms with van der Waals surface area (Å²) in [5.74, 6) is 0. The largest absolute Gasteiger partial charge is 0.468 e. The molecule has 0 radical (unpaired) electrons. The first-order valence-corrected chi connectivity index (χ1v) is 3.47. The molecule has 0 saturated heterocycles. The maximum atomic E-state index is 11.2. The minimum Gasteiger partial charge on any atom is -0.468 e. The van der Waals surface area contributed by atoms with Crippen molar-refractivity contribution in [2.75, 3.05) is 7.11 Å². The highest BCUT2D eigenvalue weighted by molar-refractivity contribution is 5.68. The molecule has 0 aliphatic heterocycles. The minimum atomic E-state index is -0.471. The van der Waals surface area contributed by atoms with Crippen LogP contribution in [0.25, 0.3) is 11.2 Å². The topological polar surface area (TPSA) is 104 Å². The van der Waals surface area contributed by atoms with Gasteiger partial charge in [0.25, 0.3) is 11.6 Å². The highest BCUT2D eigenvalue weighted by Gasteiger charge is 2.05. The normalized spacial score (nSPS) is 10.5. The minimum absolute atomic E-state index is 0.0627. The highest BCUT2D eigenvalue weighted by Crippen LogP contribution is 2.01. The standard InChI is InChI=1S/C6H6N4O3/c1-13-6-9-3-2(4(11)10-6)7-5(12)8-3/h1H3,(H3,7,8,9,10,11,12). The van der Waals surface area contributed by atoms with Gasteiger partial charge < -0.3 is 4.74 Å². The fourth-order valence-corrected chi connectivity index (χ4v) is 1.01. The Hall–Kier alpha value is -2.05. The van der Waals surface area contributed by atoms with Crippen LogP contribution in [0.2, 0.25) is 0 Å². The Morgan fingerprint density at radius 3 is 2.69 bits per heavy atom. The molecule has 3 N–H and O–H groups in total. The first-order valence-electron chi connectivity index (χ1n) is 3.47. The number of hydrogen-bond donors (Lipinski definition) is 3. The molecule has 13 heavy (non-hydrogen) atoms. The first-order chi connectivity index (χ1) is 6.20. The molecule has 0 atom stereocenters. The van der Waals surface area contributed by atoms with Crippen molar-refractivity contribution in [1.82, 2.24) is 19.9 Å². The summed E-state index contributed by atoms with van der Waals surface area (Å²) in [4.78, 5) is 32.8. The van der Waals surface area contributed by atoms with Crippen molar-refractivity contribution >= 4 is 11.2 Å². The molecule has 0 aromatic carbocycles. The fourth-order valence-electron chi connectivity index (χ4n) is 1.01. The van der Waals surface area contributed by atoms with Gasteiger partial charge in [0.05, 0.1) is 7.11 Å². The predicted octanol–water partition coefficient (Wildman–Crippen LogP) is -1.05. The number of fused-ring (bicyclic) bond motifs is 1. The number of H-pyrrole nitrogens is 3. The predicted molar refractivity (Wildman–Crippen MR) is 43.9 cm³/mol. The quantitative estimate of drug-likeness (QED) is 0.523. The summed E-state index contributed by atoms with van der Waals surface area (Å²) in [7, 11) is 1.37. The zero-order chi connectivity index (χ0) is 9.42. The van der Waals surface area contributed by atoms with Gasteiger partial charge in [0, 0.05) is 0 Å². The second-order valence-electron chi connectivity index (χ2n) is 2.38. The Morgan fingerprint density at radius 2 is 2.00 bits per heavy atom. The van der Waals surface area contributed by atoms with Crippen molar-refractivity contribution in [2.45, 2.75) is 0 Å². The van der Waals surface area contributed by atoms with Crippen molar-refractivity contribution in [3.8, 4) is 6.01 Å². The van der Waals surface area contributed by atoms with Crippen LogP contribution in [0.5, 0.6) is 6.01 Å². The number of hydrogen-bond acceptors (Lipinski definition) is 4. The summed E-state index contributed by atoms with van der Waals surface area (Å²) in [6.07, 6.45) is 0. The molecule has 2 heterocycles. The van der Waals surface area contributed by atoms with E-state index in [-0.39, 0.29) is 17.2 Å². The van der Waals surface area contributed by atoms with E-state index < -0.39 is 11.2 Å². The van der Waals surface area contributed by atoms with Gasteiger partial charge in [0.1, 0.15) is 0 Å². The number of rotatable bonds is 1. The Morgan fingerprint density at radius 1 is 1.23 bits per heavy atom. The van der Waals surface area contributed by atoms with Crippen LogP contribution in [0.15, 0.2) is 9.59 Å². The van der Waals surface area contributed by atoms with E-state index in [2.05, 4.69) is 19.9 Å². The van der Waals surface area contributed by atoms with E-state index in [1.807, 2.05) is 0 Å². The van der Waals surface area contributed by atoms with Gasteiger partial charge in [0.15, 0.2) is 11.2 Å². The lowest BCUT2D eigenvalue weighted by Gasteiger charge is -1.95.